The van der Waals surface area contributed by atoms with Gasteiger partial charge in [0, 0.05) is 16.1 Å². The summed E-state index contributed by atoms with van der Waals surface area (Å²) in [5, 5.41) is 5.90. The molecule has 1 heterocycles. The molecule has 7 heteroatoms. The second-order valence-electron chi connectivity index (χ2n) is 6.84. The lowest BCUT2D eigenvalue weighted by Gasteiger charge is -2.27. The Balaban J connectivity index is 0.00000210. The number of anilines is 2. The Morgan fingerprint density at radius 1 is 1.26 bits per heavy atom. The number of nitrogen functional groups attached to an aromatic ring is 1. The van der Waals surface area contributed by atoms with Gasteiger partial charge >= 0.3 is 0 Å². The van der Waals surface area contributed by atoms with Crippen molar-refractivity contribution in [3.8, 4) is 0 Å². The van der Waals surface area contributed by atoms with E-state index in [1.165, 1.54) is 17.3 Å². The number of carbonyl (C=O) groups excluding carboxylic acids is 2. The van der Waals surface area contributed by atoms with E-state index in [1.807, 2.05) is 37.3 Å². The van der Waals surface area contributed by atoms with Crippen molar-refractivity contribution in [1.82, 2.24) is 5.32 Å². The number of rotatable bonds is 2. The maximum absolute atomic E-state index is 12.8. The zero-order valence-corrected chi connectivity index (χ0v) is 16.6. The van der Waals surface area contributed by atoms with E-state index >= 15 is 0 Å². The number of fused-ring (bicyclic) bond motifs is 2. The summed E-state index contributed by atoms with van der Waals surface area (Å²) in [5.41, 5.74) is 10.3. The zero-order chi connectivity index (χ0) is 18.3. The molecule has 142 valence electrons. The minimum Gasteiger partial charge on any atom is -0.399 e. The second kappa shape index (κ2) is 7.82. The van der Waals surface area contributed by atoms with Crippen LogP contribution in [0.15, 0.2) is 41.3 Å². The summed E-state index contributed by atoms with van der Waals surface area (Å²) in [4.78, 5) is 25.6. The topological polar surface area (TPSA) is 84.2 Å². The third-order valence-electron chi connectivity index (χ3n) is 4.96. The summed E-state index contributed by atoms with van der Waals surface area (Å²) in [7, 11) is 0. The lowest BCUT2D eigenvalue weighted by atomic mass is 9.87. The van der Waals surface area contributed by atoms with Crippen molar-refractivity contribution in [3.05, 3.63) is 53.1 Å². The van der Waals surface area contributed by atoms with Gasteiger partial charge in [0.25, 0.3) is 5.91 Å². The molecule has 2 aliphatic rings. The number of amides is 2. The number of hydrogen-bond donors (Lipinski definition) is 3. The molecule has 0 aromatic heterocycles. The fraction of sp³-hybridized carbons (Fsp3) is 0.300. The highest BCUT2D eigenvalue weighted by atomic mass is 35.5. The molecule has 1 aliphatic heterocycles. The van der Waals surface area contributed by atoms with Crippen LogP contribution >= 0.6 is 24.2 Å². The van der Waals surface area contributed by atoms with Gasteiger partial charge in [0.2, 0.25) is 5.91 Å². The number of hydrogen-bond acceptors (Lipinski definition) is 4. The number of nitrogens with two attached hydrogens (primary N) is 1. The highest BCUT2D eigenvalue weighted by molar-refractivity contribution is 8.00. The largest absolute Gasteiger partial charge is 0.399 e. The van der Waals surface area contributed by atoms with E-state index in [0.29, 0.717) is 11.3 Å². The normalized spacial score (nSPS) is 20.6. The predicted octanol–water partition coefficient (Wildman–Crippen LogP) is 3.93. The van der Waals surface area contributed by atoms with E-state index in [4.69, 9.17) is 5.73 Å². The molecule has 0 fully saturated rings. The molecular weight excluding hydrogens is 382 g/mol. The third-order valence-corrected chi connectivity index (χ3v) is 6.14. The summed E-state index contributed by atoms with van der Waals surface area (Å²) in [6.07, 6.45) is 2.93. The summed E-state index contributed by atoms with van der Waals surface area (Å²) >= 11 is 1.51. The summed E-state index contributed by atoms with van der Waals surface area (Å²) < 4.78 is 0. The smallest absolute Gasteiger partial charge is 0.251 e. The van der Waals surface area contributed by atoms with E-state index in [9.17, 15) is 9.59 Å². The van der Waals surface area contributed by atoms with Crippen LogP contribution in [0.3, 0.4) is 0 Å². The van der Waals surface area contributed by atoms with Crippen LogP contribution in [-0.4, -0.2) is 17.1 Å². The summed E-state index contributed by atoms with van der Waals surface area (Å²) in [5.74, 6) is -0.154. The first-order chi connectivity index (χ1) is 12.5. The number of thioether (sulfide) groups is 1. The first-order valence-electron chi connectivity index (χ1n) is 8.82. The second-order valence-corrected chi connectivity index (χ2v) is 8.22. The maximum atomic E-state index is 12.8. The standard InChI is InChI=1S/C20H21N3O2S.ClH/c1-11-19(24)23-17-10-13(5-8-18(17)26-11)20(25)22-16-4-2-3-12-9-14(21)6-7-15(12)16;/h5-11,16H,2-4,21H2,1H3,(H,22,25)(H,23,24);1H. The minimum absolute atomic E-state index is 0. The number of halogens is 1. The van der Waals surface area contributed by atoms with Crippen LogP contribution in [-0.2, 0) is 11.2 Å². The number of nitrogens with one attached hydrogen (secondary N) is 2. The van der Waals surface area contributed by atoms with Crippen molar-refractivity contribution in [2.75, 3.05) is 11.1 Å². The van der Waals surface area contributed by atoms with Crippen molar-refractivity contribution < 1.29 is 9.59 Å². The third kappa shape index (κ3) is 3.92. The molecule has 2 aromatic carbocycles. The van der Waals surface area contributed by atoms with Crippen LogP contribution in [0, 0.1) is 0 Å². The monoisotopic (exact) mass is 403 g/mol. The van der Waals surface area contributed by atoms with Gasteiger partial charge in [0.1, 0.15) is 0 Å². The maximum Gasteiger partial charge on any atom is 0.251 e. The Bertz CT molecular complexity index is 903. The predicted molar refractivity (Wildman–Crippen MR) is 112 cm³/mol. The molecule has 2 aromatic rings. The Kier molecular flexibility index (Phi) is 5.67. The number of benzene rings is 2. The van der Waals surface area contributed by atoms with Crippen molar-refractivity contribution >= 4 is 47.4 Å². The molecule has 27 heavy (non-hydrogen) atoms. The molecule has 4 N–H and O–H groups in total. The van der Waals surface area contributed by atoms with E-state index < -0.39 is 0 Å². The molecule has 1 aliphatic carbocycles. The Morgan fingerprint density at radius 3 is 2.89 bits per heavy atom. The Morgan fingerprint density at radius 2 is 2.07 bits per heavy atom. The van der Waals surface area contributed by atoms with Gasteiger partial charge in [-0.1, -0.05) is 6.07 Å². The van der Waals surface area contributed by atoms with Gasteiger partial charge in [-0.15, -0.1) is 24.2 Å². The van der Waals surface area contributed by atoms with Gasteiger partial charge in [0.05, 0.1) is 17.0 Å². The van der Waals surface area contributed by atoms with E-state index in [0.717, 1.165) is 35.4 Å². The van der Waals surface area contributed by atoms with Crippen LogP contribution in [0.25, 0.3) is 0 Å². The van der Waals surface area contributed by atoms with Gasteiger partial charge in [-0.05, 0) is 67.6 Å². The van der Waals surface area contributed by atoms with Gasteiger partial charge in [-0.3, -0.25) is 9.59 Å². The van der Waals surface area contributed by atoms with Crippen LogP contribution in [0.5, 0.6) is 0 Å². The molecule has 2 amide bonds. The van der Waals surface area contributed by atoms with Crippen LogP contribution in [0.2, 0.25) is 0 Å². The van der Waals surface area contributed by atoms with Crippen molar-refractivity contribution in [2.24, 2.45) is 0 Å². The molecule has 5 nitrogen and oxygen atoms in total. The van der Waals surface area contributed by atoms with Gasteiger partial charge in [-0.2, -0.15) is 0 Å². The van der Waals surface area contributed by atoms with Gasteiger partial charge in [-0.25, -0.2) is 0 Å². The van der Waals surface area contributed by atoms with Crippen molar-refractivity contribution in [3.63, 3.8) is 0 Å². The van der Waals surface area contributed by atoms with Crippen molar-refractivity contribution in [1.29, 1.82) is 0 Å². The van der Waals surface area contributed by atoms with Crippen LogP contribution in [0.4, 0.5) is 11.4 Å². The van der Waals surface area contributed by atoms with Crippen LogP contribution in [0.1, 0.15) is 47.3 Å². The SMILES string of the molecule is CC1Sc2ccc(C(=O)NC3CCCc4cc(N)ccc43)cc2NC1=O.Cl. The Hall–Kier alpha value is -2.18. The quantitative estimate of drug-likeness (QED) is 0.663. The van der Waals surface area contributed by atoms with Crippen LogP contribution < -0.4 is 16.4 Å². The highest BCUT2D eigenvalue weighted by Gasteiger charge is 2.25. The molecule has 0 saturated heterocycles. The molecule has 0 spiro atoms. The molecule has 0 saturated carbocycles. The number of aryl methyl sites for hydroxylation is 1. The number of carbonyl (C=O) groups is 2. The Labute approximate surface area is 168 Å². The fourth-order valence-electron chi connectivity index (χ4n) is 3.58. The van der Waals surface area contributed by atoms with E-state index in [2.05, 4.69) is 10.6 Å². The molecule has 0 bridgehead atoms. The van der Waals surface area contributed by atoms with Gasteiger partial charge in [0.15, 0.2) is 0 Å². The molecule has 0 radical (unpaired) electrons. The molecule has 4 rings (SSSR count). The average Bonchev–Trinajstić information content (AvgIpc) is 2.62. The van der Waals surface area contributed by atoms with E-state index in [1.54, 1.807) is 6.07 Å². The lowest BCUT2D eigenvalue weighted by Crippen LogP contribution is -2.31. The fourth-order valence-corrected chi connectivity index (χ4v) is 4.51. The van der Waals surface area contributed by atoms with Gasteiger partial charge < -0.3 is 16.4 Å². The van der Waals surface area contributed by atoms with Crippen molar-refractivity contribution in [2.45, 2.75) is 42.4 Å². The lowest BCUT2D eigenvalue weighted by molar-refractivity contribution is -0.115. The zero-order valence-electron chi connectivity index (χ0n) is 15.0. The molecule has 2 unspecified atom stereocenters. The first-order valence-corrected chi connectivity index (χ1v) is 9.70. The average molecular weight is 404 g/mol. The first kappa shape index (κ1) is 19.6. The van der Waals surface area contributed by atoms with E-state index in [-0.39, 0.29) is 35.5 Å². The summed E-state index contributed by atoms with van der Waals surface area (Å²) in [6, 6.07) is 11.4. The molecular formula is C20H22ClN3O2S. The highest BCUT2D eigenvalue weighted by Crippen LogP contribution is 2.36. The molecule has 2 atom stereocenters. The minimum atomic E-state index is -0.125. The summed E-state index contributed by atoms with van der Waals surface area (Å²) in [6.45, 7) is 1.87.